The average molecular weight is 290 g/mol. The Morgan fingerprint density at radius 2 is 2.14 bits per heavy atom. The predicted octanol–water partition coefficient (Wildman–Crippen LogP) is 3.15. The lowest BCUT2D eigenvalue weighted by Crippen LogP contribution is -2.45. The Bertz CT molecular complexity index is 431. The molecule has 0 radical (unpaired) electrons. The predicted molar refractivity (Wildman–Crippen MR) is 89.2 cm³/mol. The molecule has 0 aliphatic carbocycles. The topological polar surface area (TPSA) is 24.5 Å². The van der Waals surface area contributed by atoms with Crippen LogP contribution in [0.5, 0.6) is 5.75 Å². The Hall–Kier alpha value is -1.06. The SMILES string of the molecule is CNCC1CCCCN1CCCOc1cc(C)ccc1C. The van der Waals surface area contributed by atoms with Gasteiger partial charge in [0.1, 0.15) is 5.75 Å². The van der Waals surface area contributed by atoms with E-state index in [4.69, 9.17) is 4.74 Å². The van der Waals surface area contributed by atoms with Gasteiger partial charge in [-0.3, -0.25) is 4.90 Å². The molecule has 1 aromatic carbocycles. The number of nitrogens with zero attached hydrogens (tertiary/aromatic N) is 1. The molecule has 1 aliphatic rings. The molecular weight excluding hydrogens is 260 g/mol. The van der Waals surface area contributed by atoms with Gasteiger partial charge in [0.2, 0.25) is 0 Å². The van der Waals surface area contributed by atoms with Crippen molar-refractivity contribution in [1.82, 2.24) is 10.2 Å². The third-order valence-electron chi connectivity index (χ3n) is 4.38. The lowest BCUT2D eigenvalue weighted by Gasteiger charge is -2.35. The number of benzene rings is 1. The summed E-state index contributed by atoms with van der Waals surface area (Å²) in [6.45, 7) is 8.54. The third kappa shape index (κ3) is 5.01. The van der Waals surface area contributed by atoms with Crippen molar-refractivity contribution in [2.45, 2.75) is 45.6 Å². The molecule has 2 rings (SSSR count). The molecule has 1 fully saturated rings. The third-order valence-corrected chi connectivity index (χ3v) is 4.38. The van der Waals surface area contributed by atoms with Gasteiger partial charge in [0.15, 0.2) is 0 Å². The number of likely N-dealkylation sites (tertiary alicyclic amines) is 1. The second-order valence-electron chi connectivity index (χ2n) is 6.21. The molecule has 0 aromatic heterocycles. The fraction of sp³-hybridized carbons (Fsp3) is 0.667. The first-order valence-corrected chi connectivity index (χ1v) is 8.29. The minimum absolute atomic E-state index is 0.712. The maximum absolute atomic E-state index is 5.96. The quantitative estimate of drug-likeness (QED) is 0.781. The van der Waals surface area contributed by atoms with Crippen LogP contribution in [0, 0.1) is 13.8 Å². The highest BCUT2D eigenvalue weighted by molar-refractivity contribution is 5.35. The monoisotopic (exact) mass is 290 g/mol. The Morgan fingerprint density at radius 1 is 1.29 bits per heavy atom. The van der Waals surface area contributed by atoms with Gasteiger partial charge < -0.3 is 10.1 Å². The van der Waals surface area contributed by atoms with E-state index < -0.39 is 0 Å². The molecule has 1 N–H and O–H groups in total. The van der Waals surface area contributed by atoms with Gasteiger partial charge in [0.05, 0.1) is 6.61 Å². The number of hydrogen-bond donors (Lipinski definition) is 1. The largest absolute Gasteiger partial charge is 0.493 e. The summed E-state index contributed by atoms with van der Waals surface area (Å²) in [4.78, 5) is 2.63. The zero-order chi connectivity index (χ0) is 15.1. The molecule has 1 atom stereocenters. The van der Waals surface area contributed by atoms with Crippen LogP contribution in [0.2, 0.25) is 0 Å². The number of nitrogens with one attached hydrogen (secondary N) is 1. The summed E-state index contributed by atoms with van der Waals surface area (Å²) in [5.41, 5.74) is 2.49. The normalized spacial score (nSPS) is 19.7. The van der Waals surface area contributed by atoms with Gasteiger partial charge in [-0.15, -0.1) is 0 Å². The summed E-state index contributed by atoms with van der Waals surface area (Å²) in [5.74, 6) is 1.04. The maximum Gasteiger partial charge on any atom is 0.122 e. The van der Waals surface area contributed by atoms with E-state index in [9.17, 15) is 0 Å². The highest BCUT2D eigenvalue weighted by Crippen LogP contribution is 2.20. The number of piperidine rings is 1. The molecule has 1 unspecified atom stereocenters. The molecule has 1 aliphatic heterocycles. The molecule has 1 saturated heterocycles. The Balaban J connectivity index is 1.74. The molecule has 0 spiro atoms. The van der Waals surface area contributed by atoms with Gasteiger partial charge in [-0.05, 0) is 63.9 Å². The zero-order valence-corrected chi connectivity index (χ0v) is 13.8. The highest BCUT2D eigenvalue weighted by Gasteiger charge is 2.20. The fourth-order valence-corrected chi connectivity index (χ4v) is 3.13. The van der Waals surface area contributed by atoms with E-state index in [0.717, 1.165) is 31.9 Å². The van der Waals surface area contributed by atoms with Crippen LogP contribution in [0.4, 0.5) is 0 Å². The first kappa shape index (κ1) is 16.3. The molecule has 3 heteroatoms. The number of hydrogen-bond acceptors (Lipinski definition) is 3. The summed E-state index contributed by atoms with van der Waals surface area (Å²) in [6, 6.07) is 7.13. The Labute approximate surface area is 129 Å². The van der Waals surface area contributed by atoms with E-state index in [1.165, 1.54) is 36.9 Å². The second kappa shape index (κ2) is 8.40. The van der Waals surface area contributed by atoms with Crippen molar-refractivity contribution in [3.05, 3.63) is 29.3 Å². The second-order valence-corrected chi connectivity index (χ2v) is 6.21. The Morgan fingerprint density at radius 3 is 2.95 bits per heavy atom. The smallest absolute Gasteiger partial charge is 0.122 e. The van der Waals surface area contributed by atoms with Crippen molar-refractivity contribution in [2.24, 2.45) is 0 Å². The summed E-state index contributed by atoms with van der Waals surface area (Å²) in [7, 11) is 2.05. The number of likely N-dealkylation sites (N-methyl/N-ethyl adjacent to an activating group) is 1. The van der Waals surface area contributed by atoms with E-state index in [-0.39, 0.29) is 0 Å². The zero-order valence-electron chi connectivity index (χ0n) is 13.8. The van der Waals surface area contributed by atoms with Crippen LogP contribution in [0.1, 0.15) is 36.8 Å². The van der Waals surface area contributed by atoms with Crippen LogP contribution in [-0.2, 0) is 0 Å². The van der Waals surface area contributed by atoms with Crippen LogP contribution in [0.25, 0.3) is 0 Å². The number of aryl methyl sites for hydroxylation is 2. The minimum Gasteiger partial charge on any atom is -0.493 e. The summed E-state index contributed by atoms with van der Waals surface area (Å²) in [5, 5.41) is 3.32. The van der Waals surface area contributed by atoms with E-state index in [2.05, 4.69) is 49.3 Å². The molecular formula is C18H30N2O. The molecule has 1 heterocycles. The van der Waals surface area contributed by atoms with Gasteiger partial charge >= 0.3 is 0 Å². The molecule has 0 saturated carbocycles. The first-order chi connectivity index (χ1) is 10.2. The summed E-state index contributed by atoms with van der Waals surface area (Å²) >= 11 is 0. The lowest BCUT2D eigenvalue weighted by molar-refractivity contribution is 0.136. The number of rotatable bonds is 7. The van der Waals surface area contributed by atoms with Crippen molar-refractivity contribution >= 4 is 0 Å². The maximum atomic E-state index is 5.96. The van der Waals surface area contributed by atoms with Crippen LogP contribution in [0.15, 0.2) is 18.2 Å². The van der Waals surface area contributed by atoms with E-state index in [1.807, 2.05) is 0 Å². The lowest BCUT2D eigenvalue weighted by atomic mass is 10.0. The highest BCUT2D eigenvalue weighted by atomic mass is 16.5. The van der Waals surface area contributed by atoms with Crippen LogP contribution in [-0.4, -0.2) is 44.2 Å². The standard InChI is InChI=1S/C18H30N2O/c1-15-8-9-16(2)18(13-15)21-12-6-11-20-10-5-4-7-17(20)14-19-3/h8-9,13,17,19H,4-7,10-12,14H2,1-3H3. The van der Waals surface area contributed by atoms with E-state index in [0.29, 0.717) is 6.04 Å². The van der Waals surface area contributed by atoms with Crippen molar-refractivity contribution in [1.29, 1.82) is 0 Å². The molecule has 3 nitrogen and oxygen atoms in total. The first-order valence-electron chi connectivity index (χ1n) is 8.29. The number of ether oxygens (including phenoxy) is 1. The van der Waals surface area contributed by atoms with Gasteiger partial charge in [0, 0.05) is 19.1 Å². The molecule has 118 valence electrons. The summed E-state index contributed by atoms with van der Waals surface area (Å²) in [6.07, 6.45) is 5.16. The molecule has 1 aromatic rings. The van der Waals surface area contributed by atoms with Crippen molar-refractivity contribution in [3.63, 3.8) is 0 Å². The van der Waals surface area contributed by atoms with E-state index >= 15 is 0 Å². The van der Waals surface area contributed by atoms with Crippen molar-refractivity contribution < 1.29 is 4.74 Å². The minimum atomic E-state index is 0.712. The molecule has 21 heavy (non-hydrogen) atoms. The Kier molecular flexibility index (Phi) is 6.52. The average Bonchev–Trinajstić information content (AvgIpc) is 2.49. The van der Waals surface area contributed by atoms with Gasteiger partial charge in [-0.1, -0.05) is 18.6 Å². The van der Waals surface area contributed by atoms with E-state index in [1.54, 1.807) is 0 Å². The van der Waals surface area contributed by atoms with Crippen LogP contribution in [0.3, 0.4) is 0 Å². The molecule has 0 amide bonds. The van der Waals surface area contributed by atoms with Crippen LogP contribution >= 0.6 is 0 Å². The summed E-state index contributed by atoms with van der Waals surface area (Å²) < 4.78 is 5.96. The fourth-order valence-electron chi connectivity index (χ4n) is 3.13. The van der Waals surface area contributed by atoms with Crippen molar-refractivity contribution in [2.75, 3.05) is 33.3 Å². The van der Waals surface area contributed by atoms with Crippen LogP contribution < -0.4 is 10.1 Å². The van der Waals surface area contributed by atoms with Crippen molar-refractivity contribution in [3.8, 4) is 5.75 Å². The van der Waals surface area contributed by atoms with Gasteiger partial charge in [-0.2, -0.15) is 0 Å². The van der Waals surface area contributed by atoms with Gasteiger partial charge in [-0.25, -0.2) is 0 Å². The molecule has 0 bridgehead atoms. The van der Waals surface area contributed by atoms with Gasteiger partial charge in [0.25, 0.3) is 0 Å².